The standard InChI is InChI=1S/C10H16N2S/c1-7-3-9(4-7)11-5-10-12-8(2)6-13-10/h6-7,9,11H,3-5H2,1-2H3. The molecule has 0 saturated heterocycles. The minimum Gasteiger partial charge on any atom is -0.308 e. The second kappa shape index (κ2) is 3.76. The van der Waals surface area contributed by atoms with E-state index in [4.69, 9.17) is 0 Å². The van der Waals surface area contributed by atoms with Crippen LogP contribution in [0.25, 0.3) is 0 Å². The number of hydrogen-bond donors (Lipinski definition) is 1. The fourth-order valence-corrected chi connectivity index (χ4v) is 2.51. The van der Waals surface area contributed by atoms with Gasteiger partial charge in [0.1, 0.15) is 5.01 Å². The molecule has 3 heteroatoms. The first-order valence-electron chi connectivity index (χ1n) is 4.88. The monoisotopic (exact) mass is 196 g/mol. The van der Waals surface area contributed by atoms with Gasteiger partial charge in [-0.25, -0.2) is 4.98 Å². The van der Waals surface area contributed by atoms with E-state index in [9.17, 15) is 0 Å². The summed E-state index contributed by atoms with van der Waals surface area (Å²) in [6.07, 6.45) is 2.68. The molecule has 2 nitrogen and oxygen atoms in total. The minimum atomic E-state index is 0.749. The average Bonchev–Trinajstić information content (AvgIpc) is 2.43. The van der Waals surface area contributed by atoms with Gasteiger partial charge in [-0.15, -0.1) is 11.3 Å². The Hall–Kier alpha value is -0.410. The summed E-state index contributed by atoms with van der Waals surface area (Å²) < 4.78 is 0. The maximum Gasteiger partial charge on any atom is 0.107 e. The molecule has 0 aliphatic heterocycles. The molecule has 1 saturated carbocycles. The topological polar surface area (TPSA) is 24.9 Å². The van der Waals surface area contributed by atoms with E-state index in [-0.39, 0.29) is 0 Å². The second-order valence-electron chi connectivity index (χ2n) is 4.04. The highest BCUT2D eigenvalue weighted by Gasteiger charge is 2.24. The van der Waals surface area contributed by atoms with Gasteiger partial charge in [-0.05, 0) is 25.7 Å². The van der Waals surface area contributed by atoms with Crippen LogP contribution in [0, 0.1) is 12.8 Å². The molecule has 0 radical (unpaired) electrons. The third-order valence-electron chi connectivity index (χ3n) is 2.58. The van der Waals surface area contributed by atoms with Crippen LogP contribution in [0.3, 0.4) is 0 Å². The third-order valence-corrected chi connectivity index (χ3v) is 3.55. The molecule has 1 aliphatic rings. The summed E-state index contributed by atoms with van der Waals surface area (Å²) in [5, 5.41) is 6.86. The van der Waals surface area contributed by atoms with Crippen LogP contribution in [-0.2, 0) is 6.54 Å². The Morgan fingerprint density at radius 2 is 2.38 bits per heavy atom. The van der Waals surface area contributed by atoms with Gasteiger partial charge in [0.25, 0.3) is 0 Å². The Bertz CT molecular complexity index is 276. The van der Waals surface area contributed by atoms with Gasteiger partial charge < -0.3 is 5.32 Å². The quantitative estimate of drug-likeness (QED) is 0.802. The molecule has 1 heterocycles. The Kier molecular flexibility index (Phi) is 2.65. The van der Waals surface area contributed by atoms with Gasteiger partial charge >= 0.3 is 0 Å². The van der Waals surface area contributed by atoms with Crippen molar-refractivity contribution in [1.82, 2.24) is 10.3 Å². The van der Waals surface area contributed by atoms with Crippen LogP contribution >= 0.6 is 11.3 Å². The summed E-state index contributed by atoms with van der Waals surface area (Å²) in [7, 11) is 0. The maximum atomic E-state index is 4.42. The zero-order valence-electron chi connectivity index (χ0n) is 8.21. The van der Waals surface area contributed by atoms with E-state index in [0.29, 0.717) is 0 Å². The molecular formula is C10H16N2S. The van der Waals surface area contributed by atoms with Gasteiger partial charge in [-0.3, -0.25) is 0 Å². The van der Waals surface area contributed by atoms with Gasteiger partial charge in [-0.2, -0.15) is 0 Å². The van der Waals surface area contributed by atoms with Crippen molar-refractivity contribution in [3.8, 4) is 0 Å². The van der Waals surface area contributed by atoms with Crippen LogP contribution in [0.4, 0.5) is 0 Å². The lowest BCUT2D eigenvalue weighted by Gasteiger charge is -2.33. The number of nitrogens with one attached hydrogen (secondary N) is 1. The van der Waals surface area contributed by atoms with E-state index in [1.54, 1.807) is 11.3 Å². The summed E-state index contributed by atoms with van der Waals surface area (Å²) >= 11 is 1.75. The first-order chi connectivity index (χ1) is 6.24. The second-order valence-corrected chi connectivity index (χ2v) is 4.98. The number of thiazole rings is 1. The number of aromatic nitrogens is 1. The van der Waals surface area contributed by atoms with Crippen LogP contribution < -0.4 is 5.32 Å². The molecule has 1 N–H and O–H groups in total. The van der Waals surface area contributed by atoms with Crippen LogP contribution in [0.1, 0.15) is 30.5 Å². The maximum absolute atomic E-state index is 4.42. The van der Waals surface area contributed by atoms with E-state index < -0.39 is 0 Å². The Morgan fingerprint density at radius 1 is 1.62 bits per heavy atom. The number of hydrogen-bond acceptors (Lipinski definition) is 3. The van der Waals surface area contributed by atoms with Crippen molar-refractivity contribution in [3.05, 3.63) is 16.1 Å². The van der Waals surface area contributed by atoms with Crippen molar-refractivity contribution >= 4 is 11.3 Å². The molecule has 1 aliphatic carbocycles. The first-order valence-corrected chi connectivity index (χ1v) is 5.76. The van der Waals surface area contributed by atoms with Gasteiger partial charge in [-0.1, -0.05) is 6.92 Å². The predicted octanol–water partition coefficient (Wildman–Crippen LogP) is 2.34. The minimum absolute atomic E-state index is 0.749. The predicted molar refractivity (Wildman–Crippen MR) is 55.9 cm³/mol. The highest BCUT2D eigenvalue weighted by atomic mass is 32.1. The molecule has 0 spiro atoms. The molecule has 0 amide bonds. The Balaban J connectivity index is 1.74. The van der Waals surface area contributed by atoms with Crippen molar-refractivity contribution in [2.24, 2.45) is 5.92 Å². The van der Waals surface area contributed by atoms with Crippen LogP contribution in [0.15, 0.2) is 5.38 Å². The van der Waals surface area contributed by atoms with Crippen molar-refractivity contribution in [1.29, 1.82) is 0 Å². The van der Waals surface area contributed by atoms with Gasteiger partial charge in [0.05, 0.1) is 0 Å². The van der Waals surface area contributed by atoms with Crippen molar-refractivity contribution in [2.45, 2.75) is 39.3 Å². The summed E-state index contributed by atoms with van der Waals surface area (Å²) in [5.41, 5.74) is 1.14. The molecule has 72 valence electrons. The zero-order valence-corrected chi connectivity index (χ0v) is 9.03. The molecule has 0 bridgehead atoms. The molecule has 0 unspecified atom stereocenters. The molecule has 0 aromatic carbocycles. The average molecular weight is 196 g/mol. The molecule has 1 aromatic rings. The van der Waals surface area contributed by atoms with Crippen molar-refractivity contribution in [2.75, 3.05) is 0 Å². The highest BCUT2D eigenvalue weighted by Crippen LogP contribution is 2.26. The van der Waals surface area contributed by atoms with E-state index in [0.717, 1.165) is 24.2 Å². The van der Waals surface area contributed by atoms with Gasteiger partial charge in [0, 0.05) is 23.7 Å². The van der Waals surface area contributed by atoms with Crippen LogP contribution in [-0.4, -0.2) is 11.0 Å². The summed E-state index contributed by atoms with van der Waals surface area (Å²) in [5.74, 6) is 0.926. The zero-order chi connectivity index (χ0) is 9.26. The number of nitrogens with zero attached hydrogens (tertiary/aromatic N) is 1. The van der Waals surface area contributed by atoms with E-state index in [1.807, 2.05) is 6.92 Å². The smallest absolute Gasteiger partial charge is 0.107 e. The summed E-state index contributed by atoms with van der Waals surface area (Å²) in [6, 6.07) is 0.749. The summed E-state index contributed by atoms with van der Waals surface area (Å²) in [6.45, 7) is 5.31. The van der Waals surface area contributed by atoms with Crippen LogP contribution in [0.2, 0.25) is 0 Å². The Morgan fingerprint density at radius 3 is 2.92 bits per heavy atom. The first kappa shape index (κ1) is 9.16. The van der Waals surface area contributed by atoms with Gasteiger partial charge in [0.2, 0.25) is 0 Å². The van der Waals surface area contributed by atoms with E-state index in [2.05, 4.69) is 22.6 Å². The molecule has 1 aromatic heterocycles. The normalized spacial score (nSPS) is 27.2. The lowest BCUT2D eigenvalue weighted by Crippen LogP contribution is -2.39. The number of aryl methyl sites for hydroxylation is 1. The molecule has 13 heavy (non-hydrogen) atoms. The third kappa shape index (κ3) is 2.29. The molecular weight excluding hydrogens is 180 g/mol. The van der Waals surface area contributed by atoms with E-state index in [1.165, 1.54) is 17.8 Å². The fourth-order valence-electron chi connectivity index (χ4n) is 1.78. The molecule has 0 atom stereocenters. The van der Waals surface area contributed by atoms with Crippen molar-refractivity contribution in [3.63, 3.8) is 0 Å². The van der Waals surface area contributed by atoms with Gasteiger partial charge in [0.15, 0.2) is 0 Å². The lowest BCUT2D eigenvalue weighted by molar-refractivity contribution is 0.240. The molecule has 1 fully saturated rings. The highest BCUT2D eigenvalue weighted by molar-refractivity contribution is 7.09. The largest absolute Gasteiger partial charge is 0.308 e. The fraction of sp³-hybridized carbons (Fsp3) is 0.700. The lowest BCUT2D eigenvalue weighted by atomic mass is 9.82. The SMILES string of the molecule is Cc1csc(CNC2CC(C)C2)n1. The Labute approximate surface area is 83.4 Å². The van der Waals surface area contributed by atoms with Crippen molar-refractivity contribution < 1.29 is 0 Å². The van der Waals surface area contributed by atoms with E-state index >= 15 is 0 Å². The molecule has 2 rings (SSSR count). The van der Waals surface area contributed by atoms with Crippen LogP contribution in [0.5, 0.6) is 0 Å². The number of rotatable bonds is 3. The summed E-state index contributed by atoms with van der Waals surface area (Å²) in [4.78, 5) is 4.42.